The number of anilines is 2. The Labute approximate surface area is 148 Å². The minimum Gasteiger partial charge on any atom is -0.372 e. The van der Waals surface area contributed by atoms with Crippen LogP contribution < -0.4 is 9.91 Å². The summed E-state index contributed by atoms with van der Waals surface area (Å²) in [6.07, 6.45) is 3.54. The monoisotopic (exact) mass is 334 g/mol. The highest BCUT2D eigenvalue weighted by Gasteiger charge is 2.29. The van der Waals surface area contributed by atoms with Gasteiger partial charge in [0.25, 0.3) is 5.91 Å². The Morgan fingerprint density at radius 2 is 1.80 bits per heavy atom. The molecule has 3 rings (SSSR count). The lowest BCUT2D eigenvalue weighted by molar-refractivity contribution is -0.114. The van der Waals surface area contributed by atoms with E-state index in [1.807, 2.05) is 37.3 Å². The summed E-state index contributed by atoms with van der Waals surface area (Å²) in [6, 6.07) is 13.7. The van der Waals surface area contributed by atoms with Crippen LogP contribution in [0, 0.1) is 0 Å². The van der Waals surface area contributed by atoms with E-state index in [1.165, 1.54) is 10.7 Å². The molecular formula is C20H22N4O. The van der Waals surface area contributed by atoms with Crippen LogP contribution in [-0.4, -0.2) is 29.7 Å². The van der Waals surface area contributed by atoms with E-state index < -0.39 is 0 Å². The van der Waals surface area contributed by atoms with Crippen LogP contribution in [0.2, 0.25) is 0 Å². The lowest BCUT2D eigenvalue weighted by Crippen LogP contribution is -2.22. The van der Waals surface area contributed by atoms with Crippen LogP contribution >= 0.6 is 0 Å². The van der Waals surface area contributed by atoms with Gasteiger partial charge < -0.3 is 4.90 Å². The second kappa shape index (κ2) is 7.30. The van der Waals surface area contributed by atoms with E-state index in [0.29, 0.717) is 17.1 Å². The summed E-state index contributed by atoms with van der Waals surface area (Å²) in [5.41, 5.74) is 3.46. The van der Waals surface area contributed by atoms with Crippen molar-refractivity contribution in [1.29, 1.82) is 0 Å². The summed E-state index contributed by atoms with van der Waals surface area (Å²) >= 11 is 0. The quantitative estimate of drug-likeness (QED) is 0.783. The van der Waals surface area contributed by atoms with Crippen LogP contribution in [0.15, 0.2) is 59.3 Å². The van der Waals surface area contributed by atoms with Gasteiger partial charge in [-0.25, -0.2) is 4.98 Å². The fourth-order valence-corrected chi connectivity index (χ4v) is 2.86. The number of hydrogen-bond donors (Lipinski definition) is 0. The fraction of sp³-hybridized carbons (Fsp3) is 0.250. The fourth-order valence-electron chi connectivity index (χ4n) is 2.86. The standard InChI is InChI=1S/C20H22N4O/c1-4-23(5-2)17-11-9-16(10-12-17)14-18-15(3)22-24(20(18)25)19-8-6-7-13-21-19/h6-14H,4-5H2,1-3H3. The molecule has 0 aliphatic carbocycles. The average Bonchev–Trinajstić information content (AvgIpc) is 2.93. The van der Waals surface area contributed by atoms with Gasteiger partial charge in [0.1, 0.15) is 0 Å². The average molecular weight is 334 g/mol. The maximum atomic E-state index is 12.7. The largest absolute Gasteiger partial charge is 0.372 e. The minimum absolute atomic E-state index is 0.149. The Bertz CT molecular complexity index is 805. The molecule has 2 aromatic rings. The summed E-state index contributed by atoms with van der Waals surface area (Å²) in [7, 11) is 0. The molecule has 5 nitrogen and oxygen atoms in total. The molecule has 1 aliphatic rings. The van der Waals surface area contributed by atoms with Gasteiger partial charge in [0.05, 0.1) is 11.3 Å². The summed E-state index contributed by atoms with van der Waals surface area (Å²) in [5, 5.41) is 5.70. The van der Waals surface area contributed by atoms with Crippen LogP contribution in [0.4, 0.5) is 11.5 Å². The smallest absolute Gasteiger partial charge is 0.282 e. The Balaban J connectivity index is 1.84. The first kappa shape index (κ1) is 16.9. The van der Waals surface area contributed by atoms with Crippen molar-refractivity contribution in [2.45, 2.75) is 20.8 Å². The van der Waals surface area contributed by atoms with E-state index in [1.54, 1.807) is 12.3 Å². The van der Waals surface area contributed by atoms with Crippen molar-refractivity contribution < 1.29 is 4.79 Å². The molecule has 0 saturated carbocycles. The van der Waals surface area contributed by atoms with E-state index >= 15 is 0 Å². The number of nitrogens with zero attached hydrogens (tertiary/aromatic N) is 4. The molecule has 0 saturated heterocycles. The molecule has 0 N–H and O–H groups in total. The van der Waals surface area contributed by atoms with Crippen LogP contribution in [0.5, 0.6) is 0 Å². The molecule has 0 bridgehead atoms. The Kier molecular flexibility index (Phi) is 4.93. The molecule has 1 aromatic carbocycles. The summed E-state index contributed by atoms with van der Waals surface area (Å²) in [4.78, 5) is 19.2. The van der Waals surface area contributed by atoms with Crippen LogP contribution in [0.1, 0.15) is 26.3 Å². The number of carbonyl (C=O) groups is 1. The van der Waals surface area contributed by atoms with Gasteiger partial charge in [-0.2, -0.15) is 10.1 Å². The Morgan fingerprint density at radius 3 is 2.40 bits per heavy atom. The zero-order valence-corrected chi connectivity index (χ0v) is 14.8. The number of hydrazone groups is 1. The number of carbonyl (C=O) groups excluding carboxylic acids is 1. The molecule has 1 aromatic heterocycles. The lowest BCUT2D eigenvalue weighted by Gasteiger charge is -2.20. The lowest BCUT2D eigenvalue weighted by atomic mass is 10.1. The SMILES string of the molecule is CCN(CC)c1ccc(C=C2C(=O)N(c3ccccn3)N=C2C)cc1. The molecule has 2 heterocycles. The van der Waals surface area contributed by atoms with Gasteiger partial charge in [0.2, 0.25) is 0 Å². The number of pyridine rings is 1. The zero-order chi connectivity index (χ0) is 17.8. The van der Waals surface area contributed by atoms with Gasteiger partial charge in [-0.3, -0.25) is 4.79 Å². The second-order valence-corrected chi connectivity index (χ2v) is 5.81. The van der Waals surface area contributed by atoms with Crippen molar-refractivity contribution in [2.75, 3.05) is 23.0 Å². The van der Waals surface area contributed by atoms with Gasteiger partial charge in [0.15, 0.2) is 5.82 Å². The van der Waals surface area contributed by atoms with Crippen molar-refractivity contribution >= 4 is 29.2 Å². The topological polar surface area (TPSA) is 48.8 Å². The predicted molar refractivity (Wildman–Crippen MR) is 103 cm³/mol. The molecule has 128 valence electrons. The third-order valence-electron chi connectivity index (χ3n) is 4.26. The van der Waals surface area contributed by atoms with E-state index in [4.69, 9.17) is 0 Å². The maximum Gasteiger partial charge on any atom is 0.282 e. The molecule has 0 spiro atoms. The van der Waals surface area contributed by atoms with Gasteiger partial charge in [-0.15, -0.1) is 0 Å². The van der Waals surface area contributed by atoms with Gasteiger partial charge >= 0.3 is 0 Å². The summed E-state index contributed by atoms with van der Waals surface area (Å²) < 4.78 is 0. The number of aromatic nitrogens is 1. The summed E-state index contributed by atoms with van der Waals surface area (Å²) in [5.74, 6) is 0.385. The van der Waals surface area contributed by atoms with Gasteiger partial charge in [0, 0.05) is 25.0 Å². The van der Waals surface area contributed by atoms with Crippen molar-refractivity contribution in [2.24, 2.45) is 5.10 Å². The molecule has 0 unspecified atom stereocenters. The number of hydrogen-bond acceptors (Lipinski definition) is 4. The molecule has 25 heavy (non-hydrogen) atoms. The number of benzene rings is 1. The molecule has 1 amide bonds. The van der Waals surface area contributed by atoms with Crippen LogP contribution in [-0.2, 0) is 4.79 Å². The zero-order valence-electron chi connectivity index (χ0n) is 14.8. The first-order valence-corrected chi connectivity index (χ1v) is 8.51. The molecule has 0 atom stereocenters. The maximum absolute atomic E-state index is 12.7. The van der Waals surface area contributed by atoms with Crippen molar-refractivity contribution in [3.05, 3.63) is 59.8 Å². The van der Waals surface area contributed by atoms with E-state index in [-0.39, 0.29) is 5.91 Å². The molecule has 0 radical (unpaired) electrons. The highest BCUT2D eigenvalue weighted by atomic mass is 16.2. The molecule has 0 fully saturated rings. The predicted octanol–water partition coefficient (Wildman–Crippen LogP) is 3.73. The number of rotatable bonds is 5. The third-order valence-corrected chi connectivity index (χ3v) is 4.26. The van der Waals surface area contributed by atoms with Gasteiger partial charge in [-0.1, -0.05) is 18.2 Å². The van der Waals surface area contributed by atoms with E-state index in [9.17, 15) is 4.79 Å². The Morgan fingerprint density at radius 1 is 1.08 bits per heavy atom. The molecule has 1 aliphatic heterocycles. The summed E-state index contributed by atoms with van der Waals surface area (Å²) in [6.45, 7) is 8.07. The second-order valence-electron chi connectivity index (χ2n) is 5.81. The van der Waals surface area contributed by atoms with Crippen molar-refractivity contribution in [3.8, 4) is 0 Å². The first-order chi connectivity index (χ1) is 12.1. The highest BCUT2D eigenvalue weighted by molar-refractivity contribution is 6.31. The highest BCUT2D eigenvalue weighted by Crippen LogP contribution is 2.24. The van der Waals surface area contributed by atoms with Crippen LogP contribution in [0.3, 0.4) is 0 Å². The van der Waals surface area contributed by atoms with E-state index in [2.05, 4.69) is 41.0 Å². The van der Waals surface area contributed by atoms with E-state index in [0.717, 1.165) is 18.7 Å². The first-order valence-electron chi connectivity index (χ1n) is 8.51. The van der Waals surface area contributed by atoms with Crippen molar-refractivity contribution in [1.82, 2.24) is 4.98 Å². The third kappa shape index (κ3) is 3.45. The van der Waals surface area contributed by atoms with Crippen molar-refractivity contribution in [3.63, 3.8) is 0 Å². The van der Waals surface area contributed by atoms with Gasteiger partial charge in [-0.05, 0) is 56.7 Å². The number of amides is 1. The molecule has 5 heteroatoms. The Hall–Kier alpha value is -2.95. The minimum atomic E-state index is -0.149. The van der Waals surface area contributed by atoms with Crippen LogP contribution in [0.25, 0.3) is 6.08 Å². The normalized spacial score (nSPS) is 15.6. The molecular weight excluding hydrogens is 312 g/mol.